The molecule has 2 heterocycles. The molecular formula is C17H19N5O5. The van der Waals surface area contributed by atoms with Gasteiger partial charge in [-0.2, -0.15) is 4.98 Å². The summed E-state index contributed by atoms with van der Waals surface area (Å²) in [5.74, 6) is 0.121. The average molecular weight is 373 g/mol. The molecule has 2 aromatic rings. The first-order valence-corrected chi connectivity index (χ1v) is 8.24. The lowest BCUT2D eigenvalue weighted by molar-refractivity contribution is -0.384. The maximum atomic E-state index is 12.9. The summed E-state index contributed by atoms with van der Waals surface area (Å²) in [6, 6.07) is 4.87. The third-order valence-corrected chi connectivity index (χ3v) is 4.36. The fraction of sp³-hybridized carbons (Fsp3) is 0.412. The number of amides is 3. The van der Waals surface area contributed by atoms with E-state index in [0.717, 1.165) is 4.90 Å². The first-order chi connectivity index (χ1) is 12.5. The van der Waals surface area contributed by atoms with E-state index in [0.29, 0.717) is 11.4 Å². The number of hydrogen-bond donors (Lipinski definition) is 1. The number of nitrogens with zero attached hydrogens (tertiary/aromatic N) is 4. The molecule has 1 N–H and O–H groups in total. The van der Waals surface area contributed by atoms with Gasteiger partial charge in [0.05, 0.1) is 4.92 Å². The second-order valence-corrected chi connectivity index (χ2v) is 7.51. The zero-order chi connectivity index (χ0) is 20.0. The molecule has 0 aliphatic carbocycles. The molecule has 1 aliphatic rings. The highest BCUT2D eigenvalue weighted by Gasteiger charge is 2.49. The summed E-state index contributed by atoms with van der Waals surface area (Å²) in [5.41, 5.74) is -1.32. The summed E-state index contributed by atoms with van der Waals surface area (Å²) in [7, 11) is 0. The van der Waals surface area contributed by atoms with Crippen LogP contribution in [0.1, 0.15) is 45.0 Å². The molecule has 1 aromatic carbocycles. The van der Waals surface area contributed by atoms with Gasteiger partial charge < -0.3 is 9.84 Å². The lowest BCUT2D eigenvalue weighted by Gasteiger charge is -2.21. The highest BCUT2D eigenvalue weighted by Crippen LogP contribution is 2.31. The van der Waals surface area contributed by atoms with Gasteiger partial charge in [0.2, 0.25) is 5.89 Å². The Morgan fingerprint density at radius 2 is 1.89 bits per heavy atom. The molecule has 27 heavy (non-hydrogen) atoms. The van der Waals surface area contributed by atoms with Crippen molar-refractivity contribution in [3.05, 3.63) is 51.7 Å². The second kappa shape index (κ2) is 6.15. The van der Waals surface area contributed by atoms with E-state index in [2.05, 4.69) is 15.5 Å². The molecule has 1 aliphatic heterocycles. The van der Waals surface area contributed by atoms with Gasteiger partial charge in [-0.1, -0.05) is 25.9 Å². The van der Waals surface area contributed by atoms with E-state index in [4.69, 9.17) is 4.52 Å². The summed E-state index contributed by atoms with van der Waals surface area (Å²) in [6.07, 6.45) is 0. The summed E-state index contributed by atoms with van der Waals surface area (Å²) in [4.78, 5) is 40.7. The Hall–Kier alpha value is -3.30. The fourth-order valence-electron chi connectivity index (χ4n) is 2.71. The molecule has 0 bridgehead atoms. The Morgan fingerprint density at radius 1 is 1.26 bits per heavy atom. The van der Waals surface area contributed by atoms with Gasteiger partial charge in [-0.15, -0.1) is 0 Å². The highest BCUT2D eigenvalue weighted by molar-refractivity contribution is 6.07. The normalized spacial score (nSPS) is 20.1. The number of nitro benzene ring substituents is 1. The van der Waals surface area contributed by atoms with Crippen molar-refractivity contribution in [2.24, 2.45) is 0 Å². The van der Waals surface area contributed by atoms with Crippen LogP contribution in [0.25, 0.3) is 0 Å². The Labute approximate surface area is 154 Å². The predicted molar refractivity (Wildman–Crippen MR) is 92.5 cm³/mol. The van der Waals surface area contributed by atoms with Gasteiger partial charge in [-0.3, -0.25) is 19.8 Å². The lowest BCUT2D eigenvalue weighted by atomic mass is 9.92. The highest BCUT2D eigenvalue weighted by atomic mass is 16.6. The molecule has 0 spiro atoms. The smallest absolute Gasteiger partial charge is 0.325 e. The second-order valence-electron chi connectivity index (χ2n) is 7.51. The van der Waals surface area contributed by atoms with Crippen molar-refractivity contribution in [1.29, 1.82) is 0 Å². The van der Waals surface area contributed by atoms with Gasteiger partial charge in [0.15, 0.2) is 5.82 Å². The number of carbonyl (C=O) groups is 2. The maximum absolute atomic E-state index is 12.9. The van der Waals surface area contributed by atoms with Crippen molar-refractivity contribution in [2.75, 3.05) is 0 Å². The number of urea groups is 1. The third kappa shape index (κ3) is 3.25. The summed E-state index contributed by atoms with van der Waals surface area (Å²) in [6.45, 7) is 7.14. The maximum Gasteiger partial charge on any atom is 0.325 e. The number of hydrogen-bond acceptors (Lipinski definition) is 7. The van der Waals surface area contributed by atoms with E-state index in [1.54, 1.807) is 6.92 Å². The molecule has 0 radical (unpaired) electrons. The molecule has 1 aromatic heterocycles. The van der Waals surface area contributed by atoms with Crippen molar-refractivity contribution >= 4 is 17.6 Å². The quantitative estimate of drug-likeness (QED) is 0.494. The third-order valence-electron chi connectivity index (χ3n) is 4.36. The van der Waals surface area contributed by atoms with Crippen molar-refractivity contribution in [1.82, 2.24) is 20.4 Å². The van der Waals surface area contributed by atoms with Crippen LogP contribution in [0.4, 0.5) is 10.5 Å². The van der Waals surface area contributed by atoms with Crippen molar-refractivity contribution < 1.29 is 19.0 Å². The van der Waals surface area contributed by atoms with Gasteiger partial charge in [0.25, 0.3) is 11.6 Å². The molecule has 3 rings (SSSR count). The van der Waals surface area contributed by atoms with Crippen LogP contribution in [0, 0.1) is 10.1 Å². The van der Waals surface area contributed by atoms with Gasteiger partial charge >= 0.3 is 6.03 Å². The molecule has 1 fully saturated rings. The molecule has 10 heteroatoms. The molecule has 1 saturated heterocycles. The Bertz CT molecular complexity index is 915. The minimum Gasteiger partial charge on any atom is -0.337 e. The first-order valence-electron chi connectivity index (χ1n) is 8.24. The predicted octanol–water partition coefficient (Wildman–Crippen LogP) is 2.24. The Kier molecular flexibility index (Phi) is 4.21. The number of rotatable bonds is 4. The van der Waals surface area contributed by atoms with E-state index in [9.17, 15) is 19.7 Å². The van der Waals surface area contributed by atoms with Crippen molar-refractivity contribution in [2.45, 2.75) is 45.2 Å². The minimum absolute atomic E-state index is 0.100. The summed E-state index contributed by atoms with van der Waals surface area (Å²) >= 11 is 0. The average Bonchev–Trinajstić information content (AvgIpc) is 3.15. The zero-order valence-electron chi connectivity index (χ0n) is 15.3. The summed E-state index contributed by atoms with van der Waals surface area (Å²) in [5, 5.41) is 17.3. The lowest BCUT2D eigenvalue weighted by Crippen LogP contribution is -2.40. The standard InChI is InChI=1S/C17H19N5O5/c1-16(2,3)13-18-12(27-20-13)9-21-14(23)17(4,19-15(21)24)10-5-7-11(8-6-10)22(25)26/h5-8H,9H2,1-4H3,(H,19,24). The number of benzene rings is 1. The molecule has 10 nitrogen and oxygen atoms in total. The largest absolute Gasteiger partial charge is 0.337 e. The monoisotopic (exact) mass is 373 g/mol. The van der Waals surface area contributed by atoms with E-state index in [-0.39, 0.29) is 23.5 Å². The van der Waals surface area contributed by atoms with Crippen LogP contribution < -0.4 is 5.32 Å². The number of aromatic nitrogens is 2. The molecule has 142 valence electrons. The Morgan fingerprint density at radius 3 is 2.41 bits per heavy atom. The van der Waals surface area contributed by atoms with Gasteiger partial charge in [-0.25, -0.2) is 4.79 Å². The fourth-order valence-corrected chi connectivity index (χ4v) is 2.71. The van der Waals surface area contributed by atoms with E-state index in [1.165, 1.54) is 24.3 Å². The van der Waals surface area contributed by atoms with Crippen LogP contribution in [-0.2, 0) is 22.3 Å². The van der Waals surface area contributed by atoms with Crippen LogP contribution in [0.5, 0.6) is 0 Å². The molecule has 3 amide bonds. The number of nitrogens with one attached hydrogen (secondary N) is 1. The summed E-state index contributed by atoms with van der Waals surface area (Å²) < 4.78 is 5.16. The van der Waals surface area contributed by atoms with Crippen LogP contribution in [0.15, 0.2) is 28.8 Å². The zero-order valence-corrected chi connectivity index (χ0v) is 15.3. The van der Waals surface area contributed by atoms with Crippen LogP contribution in [-0.4, -0.2) is 31.9 Å². The molecular weight excluding hydrogens is 354 g/mol. The van der Waals surface area contributed by atoms with E-state index < -0.39 is 22.4 Å². The van der Waals surface area contributed by atoms with Gasteiger partial charge in [-0.05, 0) is 24.6 Å². The van der Waals surface area contributed by atoms with Crippen molar-refractivity contribution in [3.63, 3.8) is 0 Å². The van der Waals surface area contributed by atoms with Crippen LogP contribution in [0.2, 0.25) is 0 Å². The Balaban J connectivity index is 1.83. The van der Waals surface area contributed by atoms with Gasteiger partial charge in [0, 0.05) is 17.5 Å². The topological polar surface area (TPSA) is 131 Å². The number of carbonyl (C=O) groups excluding carboxylic acids is 2. The number of nitro groups is 1. The number of non-ortho nitro benzene ring substituents is 1. The molecule has 1 unspecified atom stereocenters. The minimum atomic E-state index is -1.33. The SMILES string of the molecule is CC(C)(C)c1noc(CN2C(=O)NC(C)(c3ccc([N+](=O)[O-])cc3)C2=O)n1. The molecule has 0 saturated carbocycles. The van der Waals surface area contributed by atoms with Crippen LogP contribution >= 0.6 is 0 Å². The first kappa shape index (κ1) is 18.5. The number of imide groups is 1. The van der Waals surface area contributed by atoms with E-state index >= 15 is 0 Å². The van der Waals surface area contributed by atoms with Crippen molar-refractivity contribution in [3.8, 4) is 0 Å². The van der Waals surface area contributed by atoms with E-state index in [1.807, 2.05) is 20.8 Å². The molecule has 1 atom stereocenters. The van der Waals surface area contributed by atoms with Crippen LogP contribution in [0.3, 0.4) is 0 Å². The van der Waals surface area contributed by atoms with Gasteiger partial charge in [0.1, 0.15) is 12.1 Å².